The minimum atomic E-state index is -0.534. The third-order valence-corrected chi connectivity index (χ3v) is 2.36. The summed E-state index contributed by atoms with van der Waals surface area (Å²) in [4.78, 5) is 22.2. The Morgan fingerprint density at radius 2 is 1.38 bits per heavy atom. The van der Waals surface area contributed by atoms with Crippen LogP contribution in [-0.2, 0) is 9.59 Å². The highest BCUT2D eigenvalue weighted by molar-refractivity contribution is 6.35. The monoisotopic (exact) mass is 228 g/mol. The number of amides is 2. The Balaban J connectivity index is 3.31. The van der Waals surface area contributed by atoms with E-state index in [-0.39, 0.29) is 0 Å². The van der Waals surface area contributed by atoms with Gasteiger partial charge in [0.05, 0.1) is 0 Å². The van der Waals surface area contributed by atoms with Crippen LogP contribution in [0.3, 0.4) is 0 Å². The van der Waals surface area contributed by atoms with Crippen LogP contribution in [0.15, 0.2) is 0 Å². The zero-order valence-corrected chi connectivity index (χ0v) is 10.5. The van der Waals surface area contributed by atoms with E-state index in [0.717, 1.165) is 12.8 Å². The van der Waals surface area contributed by atoms with Gasteiger partial charge in [-0.3, -0.25) is 9.59 Å². The van der Waals surface area contributed by atoms with Crippen molar-refractivity contribution >= 4 is 11.8 Å². The molecular formula is C12H24N2O2. The van der Waals surface area contributed by atoms with Crippen molar-refractivity contribution in [3.05, 3.63) is 0 Å². The van der Waals surface area contributed by atoms with Crippen LogP contribution in [0.2, 0.25) is 0 Å². The highest BCUT2D eigenvalue weighted by Crippen LogP contribution is 2.03. The van der Waals surface area contributed by atoms with Gasteiger partial charge in [0.25, 0.3) is 0 Å². The lowest BCUT2D eigenvalue weighted by Crippen LogP contribution is -2.40. The lowest BCUT2D eigenvalue weighted by atomic mass is 10.1. The standard InChI is InChI=1S/C12H24N2O2/c1-3-5-6-7-8-9-10-14-12(16)11(15)13-4-2/h3-10H2,1-2H3,(H,13,15)(H,14,16). The maximum atomic E-state index is 11.1. The van der Waals surface area contributed by atoms with E-state index in [1.807, 2.05) is 0 Å². The Kier molecular flexibility index (Phi) is 9.76. The van der Waals surface area contributed by atoms with E-state index in [0.29, 0.717) is 13.1 Å². The van der Waals surface area contributed by atoms with Crippen molar-refractivity contribution in [3.8, 4) is 0 Å². The molecule has 0 aromatic heterocycles. The second kappa shape index (κ2) is 10.5. The van der Waals surface area contributed by atoms with Crippen LogP contribution < -0.4 is 10.6 Å². The largest absolute Gasteiger partial charge is 0.348 e. The SMILES string of the molecule is CCCCCCCCNC(=O)C(=O)NCC. The maximum absolute atomic E-state index is 11.1. The van der Waals surface area contributed by atoms with Crippen LogP contribution in [-0.4, -0.2) is 24.9 Å². The number of nitrogens with one attached hydrogen (secondary N) is 2. The summed E-state index contributed by atoms with van der Waals surface area (Å²) in [5.41, 5.74) is 0. The fourth-order valence-corrected chi connectivity index (χ4v) is 1.43. The van der Waals surface area contributed by atoms with Gasteiger partial charge in [0.1, 0.15) is 0 Å². The third-order valence-electron chi connectivity index (χ3n) is 2.36. The summed E-state index contributed by atoms with van der Waals surface area (Å²) < 4.78 is 0. The van der Waals surface area contributed by atoms with Gasteiger partial charge in [0, 0.05) is 13.1 Å². The van der Waals surface area contributed by atoms with Crippen LogP contribution in [0.25, 0.3) is 0 Å². The summed E-state index contributed by atoms with van der Waals surface area (Å²) in [6, 6.07) is 0. The van der Waals surface area contributed by atoms with Gasteiger partial charge >= 0.3 is 11.8 Å². The lowest BCUT2D eigenvalue weighted by Gasteiger charge is -2.04. The molecule has 0 bridgehead atoms. The summed E-state index contributed by atoms with van der Waals surface area (Å²) in [6.07, 6.45) is 7.08. The molecule has 0 radical (unpaired) electrons. The van der Waals surface area contributed by atoms with Gasteiger partial charge in [-0.1, -0.05) is 39.0 Å². The Bertz CT molecular complexity index is 205. The molecule has 0 saturated heterocycles. The highest BCUT2D eigenvalue weighted by atomic mass is 16.2. The predicted molar refractivity (Wildman–Crippen MR) is 65.1 cm³/mol. The van der Waals surface area contributed by atoms with E-state index in [2.05, 4.69) is 17.6 Å². The molecule has 0 heterocycles. The minimum Gasteiger partial charge on any atom is -0.348 e. The highest BCUT2D eigenvalue weighted by Gasteiger charge is 2.10. The molecule has 0 rings (SSSR count). The summed E-state index contributed by atoms with van der Waals surface area (Å²) in [5.74, 6) is -1.05. The van der Waals surface area contributed by atoms with Crippen LogP contribution >= 0.6 is 0 Å². The molecule has 0 aromatic rings. The van der Waals surface area contributed by atoms with Crippen molar-refractivity contribution < 1.29 is 9.59 Å². The van der Waals surface area contributed by atoms with E-state index in [1.165, 1.54) is 25.7 Å². The molecule has 16 heavy (non-hydrogen) atoms. The van der Waals surface area contributed by atoms with Crippen molar-refractivity contribution in [2.24, 2.45) is 0 Å². The average molecular weight is 228 g/mol. The maximum Gasteiger partial charge on any atom is 0.309 e. The van der Waals surface area contributed by atoms with E-state index >= 15 is 0 Å². The molecule has 0 saturated carbocycles. The van der Waals surface area contributed by atoms with Crippen LogP contribution in [0.1, 0.15) is 52.4 Å². The average Bonchev–Trinajstić information content (AvgIpc) is 2.28. The molecule has 94 valence electrons. The first-order chi connectivity index (χ1) is 7.72. The van der Waals surface area contributed by atoms with Crippen molar-refractivity contribution in [1.82, 2.24) is 10.6 Å². The Hall–Kier alpha value is -1.06. The summed E-state index contributed by atoms with van der Waals surface area (Å²) in [5, 5.41) is 5.07. The summed E-state index contributed by atoms with van der Waals surface area (Å²) in [6.45, 7) is 5.07. The van der Waals surface area contributed by atoms with Crippen LogP contribution in [0.4, 0.5) is 0 Å². The fraction of sp³-hybridized carbons (Fsp3) is 0.833. The van der Waals surface area contributed by atoms with Gasteiger partial charge in [-0.2, -0.15) is 0 Å². The van der Waals surface area contributed by atoms with Crippen molar-refractivity contribution in [1.29, 1.82) is 0 Å². The van der Waals surface area contributed by atoms with Crippen LogP contribution in [0, 0.1) is 0 Å². The van der Waals surface area contributed by atoms with Crippen molar-refractivity contribution in [2.75, 3.05) is 13.1 Å². The van der Waals surface area contributed by atoms with Crippen molar-refractivity contribution in [2.45, 2.75) is 52.4 Å². The number of hydrogen-bond acceptors (Lipinski definition) is 2. The van der Waals surface area contributed by atoms with Gasteiger partial charge in [0.15, 0.2) is 0 Å². The molecule has 4 nitrogen and oxygen atoms in total. The first-order valence-corrected chi connectivity index (χ1v) is 6.28. The molecule has 0 aliphatic rings. The molecule has 0 unspecified atom stereocenters. The molecule has 0 aliphatic heterocycles. The van der Waals surface area contributed by atoms with E-state index in [1.54, 1.807) is 6.92 Å². The van der Waals surface area contributed by atoms with Gasteiger partial charge in [0.2, 0.25) is 0 Å². The zero-order valence-electron chi connectivity index (χ0n) is 10.5. The van der Waals surface area contributed by atoms with Gasteiger partial charge in [-0.25, -0.2) is 0 Å². The Labute approximate surface area is 98.2 Å². The first kappa shape index (κ1) is 14.9. The molecule has 0 aromatic carbocycles. The molecule has 0 atom stereocenters. The Morgan fingerprint density at radius 1 is 0.812 bits per heavy atom. The smallest absolute Gasteiger partial charge is 0.309 e. The Morgan fingerprint density at radius 3 is 2.00 bits per heavy atom. The first-order valence-electron chi connectivity index (χ1n) is 6.28. The molecule has 2 N–H and O–H groups in total. The number of carbonyl (C=O) groups is 2. The number of likely N-dealkylation sites (N-methyl/N-ethyl adjacent to an activating group) is 1. The number of rotatable bonds is 8. The van der Waals surface area contributed by atoms with Gasteiger partial charge in [-0.05, 0) is 13.3 Å². The fourth-order valence-electron chi connectivity index (χ4n) is 1.43. The molecule has 0 spiro atoms. The summed E-state index contributed by atoms with van der Waals surface area (Å²) >= 11 is 0. The van der Waals surface area contributed by atoms with E-state index in [9.17, 15) is 9.59 Å². The molecule has 4 heteroatoms. The third kappa shape index (κ3) is 8.26. The van der Waals surface area contributed by atoms with Crippen molar-refractivity contribution in [3.63, 3.8) is 0 Å². The minimum absolute atomic E-state index is 0.489. The predicted octanol–water partition coefficient (Wildman–Crippen LogP) is 1.60. The van der Waals surface area contributed by atoms with Crippen LogP contribution in [0.5, 0.6) is 0 Å². The van der Waals surface area contributed by atoms with E-state index in [4.69, 9.17) is 0 Å². The molecule has 0 aliphatic carbocycles. The quantitative estimate of drug-likeness (QED) is 0.490. The normalized spacial score (nSPS) is 9.88. The van der Waals surface area contributed by atoms with Gasteiger partial charge < -0.3 is 10.6 Å². The molecule has 0 fully saturated rings. The number of carbonyl (C=O) groups excluding carboxylic acids is 2. The van der Waals surface area contributed by atoms with E-state index < -0.39 is 11.8 Å². The second-order valence-corrected chi connectivity index (χ2v) is 3.88. The number of hydrogen-bond donors (Lipinski definition) is 2. The second-order valence-electron chi connectivity index (χ2n) is 3.88. The lowest BCUT2D eigenvalue weighted by molar-refractivity contribution is -0.139. The molecule has 2 amide bonds. The topological polar surface area (TPSA) is 58.2 Å². The molecular weight excluding hydrogens is 204 g/mol. The number of unbranched alkanes of at least 4 members (excludes halogenated alkanes) is 5. The van der Waals surface area contributed by atoms with Gasteiger partial charge in [-0.15, -0.1) is 0 Å². The summed E-state index contributed by atoms with van der Waals surface area (Å²) in [7, 11) is 0. The zero-order chi connectivity index (χ0) is 12.2.